The van der Waals surface area contributed by atoms with Crippen LogP contribution in [0.5, 0.6) is 0 Å². The minimum absolute atomic E-state index is 0.0209. The zero-order valence-electron chi connectivity index (χ0n) is 13.0. The number of nitrogens with zero attached hydrogens (tertiary/aromatic N) is 4. The Hall–Kier alpha value is -2.22. The third kappa shape index (κ3) is 2.86. The predicted octanol–water partition coefficient (Wildman–Crippen LogP) is 0.917. The number of rotatable bonds is 2. The fourth-order valence-electron chi connectivity index (χ4n) is 2.56. The van der Waals surface area contributed by atoms with E-state index in [2.05, 4.69) is 9.97 Å². The summed E-state index contributed by atoms with van der Waals surface area (Å²) in [6.45, 7) is 3.67. The van der Waals surface area contributed by atoms with Gasteiger partial charge in [-0.15, -0.1) is 0 Å². The molecule has 122 valence electrons. The van der Waals surface area contributed by atoms with Crippen molar-refractivity contribution >= 4 is 15.7 Å². The molecule has 0 spiro atoms. The van der Waals surface area contributed by atoms with Crippen molar-refractivity contribution in [1.29, 1.82) is 0 Å². The maximum Gasteiger partial charge on any atom is 0.272 e. The summed E-state index contributed by atoms with van der Waals surface area (Å²) in [6.07, 6.45) is 4.98. The number of carbonyl (C=O) groups excluding carboxylic acids is 1. The number of amides is 1. The first kappa shape index (κ1) is 15.7. The lowest BCUT2D eigenvalue weighted by molar-refractivity contribution is 0.0737. The number of imidazole rings is 1. The lowest BCUT2D eigenvalue weighted by Crippen LogP contribution is -2.54. The Kier molecular flexibility index (Phi) is 3.71. The second-order valence-corrected chi connectivity index (χ2v) is 8.90. The average molecular weight is 334 g/mol. The van der Waals surface area contributed by atoms with Gasteiger partial charge in [0.15, 0.2) is 9.84 Å². The van der Waals surface area contributed by atoms with Crippen LogP contribution < -0.4 is 0 Å². The van der Waals surface area contributed by atoms with E-state index in [0.717, 1.165) is 0 Å². The molecule has 1 saturated heterocycles. The normalized spacial score (nSPS) is 19.5. The van der Waals surface area contributed by atoms with Gasteiger partial charge in [-0.3, -0.25) is 9.36 Å². The summed E-state index contributed by atoms with van der Waals surface area (Å²) in [4.78, 5) is 22.5. The van der Waals surface area contributed by atoms with Crippen molar-refractivity contribution in [2.45, 2.75) is 18.6 Å². The Morgan fingerprint density at radius 1 is 1.30 bits per heavy atom. The van der Waals surface area contributed by atoms with E-state index in [1.165, 1.54) is 0 Å². The van der Waals surface area contributed by atoms with Crippen LogP contribution >= 0.6 is 0 Å². The van der Waals surface area contributed by atoms with Crippen molar-refractivity contribution < 1.29 is 13.2 Å². The van der Waals surface area contributed by atoms with E-state index in [1.54, 1.807) is 60.2 Å². The highest BCUT2D eigenvalue weighted by Crippen LogP contribution is 2.24. The number of pyridine rings is 1. The molecule has 2 aromatic rings. The van der Waals surface area contributed by atoms with Gasteiger partial charge in [-0.2, -0.15) is 0 Å². The molecule has 0 aromatic carbocycles. The van der Waals surface area contributed by atoms with Gasteiger partial charge in [0.1, 0.15) is 17.8 Å². The van der Waals surface area contributed by atoms with E-state index in [0.29, 0.717) is 11.5 Å². The first-order valence-electron chi connectivity index (χ1n) is 7.27. The van der Waals surface area contributed by atoms with E-state index in [-0.39, 0.29) is 24.7 Å². The summed E-state index contributed by atoms with van der Waals surface area (Å²) in [6, 6.07) is 5.17. The lowest BCUT2D eigenvalue weighted by atomic mass is 10.1. The molecule has 0 bridgehead atoms. The minimum atomic E-state index is -3.18. The topological polar surface area (TPSA) is 85.2 Å². The molecule has 0 aliphatic carbocycles. The van der Waals surface area contributed by atoms with Crippen LogP contribution in [0.3, 0.4) is 0 Å². The molecular weight excluding hydrogens is 316 g/mol. The Morgan fingerprint density at radius 3 is 2.74 bits per heavy atom. The minimum Gasteiger partial charge on any atom is -0.335 e. The van der Waals surface area contributed by atoms with Crippen molar-refractivity contribution in [3.05, 3.63) is 42.6 Å². The van der Waals surface area contributed by atoms with Gasteiger partial charge >= 0.3 is 0 Å². The molecule has 23 heavy (non-hydrogen) atoms. The number of hydrogen-bond donors (Lipinski definition) is 0. The van der Waals surface area contributed by atoms with Gasteiger partial charge in [-0.1, -0.05) is 6.07 Å². The van der Waals surface area contributed by atoms with E-state index >= 15 is 0 Å². The molecule has 0 N–H and O–H groups in total. The molecule has 1 aliphatic heterocycles. The molecule has 3 heterocycles. The average Bonchev–Trinajstić information content (AvgIpc) is 3.04. The van der Waals surface area contributed by atoms with Crippen LogP contribution in [0.25, 0.3) is 5.82 Å². The van der Waals surface area contributed by atoms with Crippen molar-refractivity contribution in [3.8, 4) is 5.82 Å². The largest absolute Gasteiger partial charge is 0.335 e. The predicted molar refractivity (Wildman–Crippen MR) is 85.1 cm³/mol. The van der Waals surface area contributed by atoms with E-state index in [1.807, 2.05) is 0 Å². The van der Waals surface area contributed by atoms with Crippen molar-refractivity contribution in [2.75, 3.05) is 18.8 Å². The first-order valence-corrected chi connectivity index (χ1v) is 8.92. The van der Waals surface area contributed by atoms with Crippen LogP contribution in [-0.2, 0) is 9.84 Å². The van der Waals surface area contributed by atoms with Gasteiger partial charge in [0.25, 0.3) is 5.91 Å². The summed E-state index contributed by atoms with van der Waals surface area (Å²) in [7, 11) is -3.18. The highest BCUT2D eigenvalue weighted by atomic mass is 32.2. The molecule has 7 nitrogen and oxygen atoms in total. The van der Waals surface area contributed by atoms with E-state index < -0.39 is 14.6 Å². The molecule has 8 heteroatoms. The Labute approximate surface area is 134 Å². The van der Waals surface area contributed by atoms with Crippen LogP contribution in [0.1, 0.15) is 24.3 Å². The standard InChI is InChI=1S/C15H18N4O3S/c1-15(2)10-18(8-9-23(15,21)22)14(20)12-4-3-5-13(17-12)19-7-6-16-11-19/h3-7,11H,8-10H2,1-2H3. The molecule has 1 amide bonds. The highest BCUT2D eigenvalue weighted by Gasteiger charge is 2.41. The zero-order chi connectivity index (χ0) is 16.7. The number of aromatic nitrogens is 3. The van der Waals surface area contributed by atoms with Crippen LogP contribution in [-0.4, -0.2) is 57.3 Å². The van der Waals surface area contributed by atoms with Gasteiger partial charge in [-0.05, 0) is 26.0 Å². The summed E-state index contributed by atoms with van der Waals surface area (Å²) in [5, 5.41) is 0. The second kappa shape index (κ2) is 5.45. The van der Waals surface area contributed by atoms with Gasteiger partial charge in [0, 0.05) is 25.5 Å². The van der Waals surface area contributed by atoms with Crippen molar-refractivity contribution in [1.82, 2.24) is 19.4 Å². The van der Waals surface area contributed by atoms with Crippen molar-refractivity contribution in [3.63, 3.8) is 0 Å². The summed E-state index contributed by atoms with van der Waals surface area (Å²) < 4.78 is 24.9. The molecule has 3 rings (SSSR count). The second-order valence-electron chi connectivity index (χ2n) is 6.16. The lowest BCUT2D eigenvalue weighted by Gasteiger charge is -2.37. The first-order chi connectivity index (χ1) is 10.8. The van der Waals surface area contributed by atoms with E-state index in [9.17, 15) is 13.2 Å². The third-order valence-electron chi connectivity index (χ3n) is 4.05. The summed E-state index contributed by atoms with van der Waals surface area (Å²) >= 11 is 0. The monoisotopic (exact) mass is 334 g/mol. The van der Waals surface area contributed by atoms with Crippen LogP contribution in [0.15, 0.2) is 36.9 Å². The van der Waals surface area contributed by atoms with Crippen molar-refractivity contribution in [2.24, 2.45) is 0 Å². The van der Waals surface area contributed by atoms with Gasteiger partial charge < -0.3 is 4.90 Å². The molecule has 0 unspecified atom stereocenters. The molecular formula is C15H18N4O3S. The fraction of sp³-hybridized carbons (Fsp3) is 0.400. The molecule has 1 aliphatic rings. The van der Waals surface area contributed by atoms with Crippen LogP contribution in [0, 0.1) is 0 Å². The zero-order valence-corrected chi connectivity index (χ0v) is 13.8. The van der Waals surface area contributed by atoms with Gasteiger partial charge in [-0.25, -0.2) is 18.4 Å². The van der Waals surface area contributed by atoms with Crippen LogP contribution in [0.4, 0.5) is 0 Å². The number of carbonyl (C=O) groups is 1. The molecule has 1 fully saturated rings. The third-order valence-corrected chi connectivity index (χ3v) is 6.59. The summed E-state index contributed by atoms with van der Waals surface area (Å²) in [5.41, 5.74) is 0.297. The number of sulfone groups is 1. The van der Waals surface area contributed by atoms with Crippen LogP contribution in [0.2, 0.25) is 0 Å². The maximum atomic E-state index is 12.7. The fourth-order valence-corrected chi connectivity index (χ4v) is 3.93. The quantitative estimate of drug-likeness (QED) is 0.815. The SMILES string of the molecule is CC1(C)CN(C(=O)c2cccc(-n3ccnc3)n2)CCS1(=O)=O. The van der Waals surface area contributed by atoms with Gasteiger partial charge in [0.2, 0.25) is 0 Å². The summed E-state index contributed by atoms with van der Waals surface area (Å²) in [5.74, 6) is 0.319. The Bertz CT molecular complexity index is 828. The highest BCUT2D eigenvalue weighted by molar-refractivity contribution is 7.92. The molecule has 0 saturated carbocycles. The van der Waals surface area contributed by atoms with Gasteiger partial charge in [0.05, 0.1) is 10.5 Å². The smallest absolute Gasteiger partial charge is 0.272 e. The Balaban J connectivity index is 1.86. The molecule has 2 aromatic heterocycles. The molecule has 0 radical (unpaired) electrons. The maximum absolute atomic E-state index is 12.7. The Morgan fingerprint density at radius 2 is 2.09 bits per heavy atom. The van der Waals surface area contributed by atoms with E-state index in [4.69, 9.17) is 0 Å². The molecule has 0 atom stereocenters. The number of hydrogen-bond acceptors (Lipinski definition) is 5.